The van der Waals surface area contributed by atoms with Crippen molar-refractivity contribution in [2.45, 2.75) is 24.8 Å². The molecule has 0 saturated heterocycles. The summed E-state index contributed by atoms with van der Waals surface area (Å²) < 4.78 is 5.12. The molecule has 0 spiro atoms. The number of rotatable bonds is 2. The summed E-state index contributed by atoms with van der Waals surface area (Å²) in [5, 5.41) is 0. The molecule has 1 aromatic rings. The van der Waals surface area contributed by atoms with Gasteiger partial charge in [0.05, 0.1) is 0 Å². The molecule has 3 heteroatoms. The van der Waals surface area contributed by atoms with E-state index in [2.05, 4.69) is 0 Å². The van der Waals surface area contributed by atoms with Gasteiger partial charge in [-0.3, -0.25) is 0 Å². The number of esters is 1. The van der Waals surface area contributed by atoms with Crippen LogP contribution in [0, 0.1) is 0 Å². The van der Waals surface area contributed by atoms with Gasteiger partial charge < -0.3 is 4.74 Å². The number of carbonyl (C=O) groups excluding carboxylic acids is 1. The number of benzene rings is 1. The van der Waals surface area contributed by atoms with Gasteiger partial charge >= 0.3 is 5.97 Å². The molecule has 1 heterocycles. The number of hydrogen-bond donors (Lipinski definition) is 0. The van der Waals surface area contributed by atoms with Crippen molar-refractivity contribution in [2.24, 2.45) is 0 Å². The third-order valence-electron chi connectivity index (χ3n) is 2.30. The van der Waals surface area contributed by atoms with Crippen molar-refractivity contribution in [3.63, 3.8) is 0 Å². The topological polar surface area (TPSA) is 26.3 Å². The molecule has 15 heavy (non-hydrogen) atoms. The van der Waals surface area contributed by atoms with Crippen LogP contribution in [-0.2, 0) is 9.53 Å². The van der Waals surface area contributed by atoms with Crippen LogP contribution in [0.5, 0.6) is 0 Å². The summed E-state index contributed by atoms with van der Waals surface area (Å²) in [6, 6.07) is 10.0. The summed E-state index contributed by atoms with van der Waals surface area (Å²) in [7, 11) is 0. The van der Waals surface area contributed by atoms with Crippen molar-refractivity contribution in [3.05, 3.63) is 40.8 Å². The van der Waals surface area contributed by atoms with Crippen molar-refractivity contribution in [2.75, 3.05) is 0 Å². The lowest BCUT2D eigenvalue weighted by Gasteiger charge is -2.07. The van der Waals surface area contributed by atoms with Crippen LogP contribution in [0.3, 0.4) is 0 Å². The van der Waals surface area contributed by atoms with Gasteiger partial charge in [0.1, 0.15) is 6.10 Å². The van der Waals surface area contributed by atoms with E-state index in [1.807, 2.05) is 44.2 Å². The molecular formula is C12H12O2S. The number of hydrogen-bond acceptors (Lipinski definition) is 3. The molecule has 0 radical (unpaired) electrons. The largest absolute Gasteiger partial charge is 0.454 e. The molecule has 0 saturated carbocycles. The normalized spacial score (nSPS) is 20.7. The van der Waals surface area contributed by atoms with E-state index in [1.54, 1.807) is 11.8 Å². The first kappa shape index (κ1) is 10.3. The maximum absolute atomic E-state index is 11.3. The highest BCUT2D eigenvalue weighted by atomic mass is 32.2. The number of cyclic esters (lactones) is 1. The lowest BCUT2D eigenvalue weighted by Crippen LogP contribution is -2.04. The third kappa shape index (κ3) is 2.07. The van der Waals surface area contributed by atoms with E-state index in [-0.39, 0.29) is 12.1 Å². The first-order valence-corrected chi connectivity index (χ1v) is 5.65. The molecule has 1 aliphatic heterocycles. The lowest BCUT2D eigenvalue weighted by atomic mass is 10.3. The van der Waals surface area contributed by atoms with Crippen molar-refractivity contribution in [3.8, 4) is 0 Å². The fourth-order valence-corrected chi connectivity index (χ4v) is 2.48. The Morgan fingerprint density at radius 2 is 1.93 bits per heavy atom. The fourth-order valence-electron chi connectivity index (χ4n) is 1.48. The smallest absolute Gasteiger partial charge is 0.335 e. The highest BCUT2D eigenvalue weighted by Crippen LogP contribution is 2.36. The first-order valence-electron chi connectivity index (χ1n) is 4.83. The molecule has 1 atom stereocenters. The van der Waals surface area contributed by atoms with Crippen LogP contribution in [0.15, 0.2) is 45.7 Å². The van der Waals surface area contributed by atoms with Gasteiger partial charge in [0, 0.05) is 15.4 Å². The average molecular weight is 220 g/mol. The molecule has 78 valence electrons. The van der Waals surface area contributed by atoms with Gasteiger partial charge in [0.15, 0.2) is 0 Å². The minimum atomic E-state index is -0.194. The van der Waals surface area contributed by atoms with Crippen molar-refractivity contribution >= 4 is 17.7 Å². The zero-order valence-electron chi connectivity index (χ0n) is 8.69. The lowest BCUT2D eigenvalue weighted by molar-refractivity contribution is -0.138. The number of ether oxygens (including phenoxy) is 1. The Labute approximate surface area is 93.3 Å². The highest BCUT2D eigenvalue weighted by Gasteiger charge is 2.28. The Balaban J connectivity index is 2.23. The summed E-state index contributed by atoms with van der Waals surface area (Å²) in [4.78, 5) is 13.4. The minimum Gasteiger partial charge on any atom is -0.454 e. The van der Waals surface area contributed by atoms with Crippen LogP contribution in [0.1, 0.15) is 13.8 Å². The average Bonchev–Trinajstić information content (AvgIpc) is 2.47. The molecule has 1 aliphatic rings. The molecule has 2 nitrogen and oxygen atoms in total. The summed E-state index contributed by atoms with van der Waals surface area (Å²) in [6.07, 6.45) is -0.109. The van der Waals surface area contributed by atoms with Crippen LogP contribution < -0.4 is 0 Å². The molecule has 0 aliphatic carbocycles. The third-order valence-corrected chi connectivity index (χ3v) is 3.67. The van der Waals surface area contributed by atoms with Gasteiger partial charge in [-0.2, -0.15) is 0 Å². The maximum Gasteiger partial charge on any atom is 0.335 e. The van der Waals surface area contributed by atoms with Crippen LogP contribution in [-0.4, -0.2) is 12.1 Å². The van der Waals surface area contributed by atoms with E-state index in [0.29, 0.717) is 0 Å². The Morgan fingerprint density at radius 1 is 1.27 bits per heavy atom. The minimum absolute atomic E-state index is 0.109. The Hall–Kier alpha value is -1.22. The van der Waals surface area contributed by atoms with Gasteiger partial charge in [-0.15, -0.1) is 0 Å². The Kier molecular flexibility index (Phi) is 2.82. The van der Waals surface area contributed by atoms with Crippen LogP contribution in [0.25, 0.3) is 0 Å². The monoisotopic (exact) mass is 220 g/mol. The summed E-state index contributed by atoms with van der Waals surface area (Å²) in [6.45, 7) is 3.72. The second kappa shape index (κ2) is 4.11. The number of carbonyl (C=O) groups is 1. The molecule has 0 bridgehead atoms. The van der Waals surface area contributed by atoms with E-state index in [4.69, 9.17) is 4.74 Å². The SMILES string of the molecule is CC1=C(Sc2ccccc2)C(C)OC1=O. The molecule has 0 aromatic heterocycles. The van der Waals surface area contributed by atoms with Gasteiger partial charge in [0.25, 0.3) is 0 Å². The van der Waals surface area contributed by atoms with Crippen LogP contribution in [0.2, 0.25) is 0 Å². The zero-order chi connectivity index (χ0) is 10.8. The molecule has 2 rings (SSSR count). The van der Waals surface area contributed by atoms with Gasteiger partial charge in [-0.05, 0) is 26.0 Å². The van der Waals surface area contributed by atoms with Crippen molar-refractivity contribution in [1.29, 1.82) is 0 Å². The zero-order valence-corrected chi connectivity index (χ0v) is 9.51. The van der Waals surface area contributed by atoms with Gasteiger partial charge in [-0.1, -0.05) is 30.0 Å². The second-order valence-electron chi connectivity index (χ2n) is 3.45. The fraction of sp³-hybridized carbons (Fsp3) is 0.250. The molecule has 0 fully saturated rings. The van der Waals surface area contributed by atoms with E-state index in [1.165, 1.54) is 0 Å². The Morgan fingerprint density at radius 3 is 2.47 bits per heavy atom. The molecule has 0 N–H and O–H groups in total. The maximum atomic E-state index is 11.3. The summed E-state index contributed by atoms with van der Waals surface area (Å²) >= 11 is 1.60. The predicted molar refractivity (Wildman–Crippen MR) is 60.6 cm³/mol. The second-order valence-corrected chi connectivity index (χ2v) is 4.57. The summed E-state index contributed by atoms with van der Waals surface area (Å²) in [5.74, 6) is -0.194. The van der Waals surface area contributed by atoms with Gasteiger partial charge in [0.2, 0.25) is 0 Å². The van der Waals surface area contributed by atoms with E-state index in [9.17, 15) is 4.79 Å². The molecule has 1 aromatic carbocycles. The van der Waals surface area contributed by atoms with Crippen molar-refractivity contribution in [1.82, 2.24) is 0 Å². The quantitative estimate of drug-likeness (QED) is 0.717. The first-order chi connectivity index (χ1) is 7.18. The summed E-state index contributed by atoms with van der Waals surface area (Å²) in [5.41, 5.74) is 0.733. The van der Waals surface area contributed by atoms with E-state index >= 15 is 0 Å². The molecule has 0 amide bonds. The van der Waals surface area contributed by atoms with E-state index in [0.717, 1.165) is 15.4 Å². The highest BCUT2D eigenvalue weighted by molar-refractivity contribution is 8.03. The standard InChI is InChI=1S/C12H12O2S/c1-8-11(9(2)14-12(8)13)15-10-6-4-3-5-7-10/h3-7,9H,1-2H3. The van der Waals surface area contributed by atoms with Crippen molar-refractivity contribution < 1.29 is 9.53 Å². The van der Waals surface area contributed by atoms with Crippen LogP contribution in [0.4, 0.5) is 0 Å². The Bertz CT molecular complexity index is 409. The molecular weight excluding hydrogens is 208 g/mol. The molecule has 1 unspecified atom stereocenters. The van der Waals surface area contributed by atoms with Gasteiger partial charge in [-0.25, -0.2) is 4.79 Å². The predicted octanol–water partition coefficient (Wildman–Crippen LogP) is 3.00. The number of thioether (sulfide) groups is 1. The van der Waals surface area contributed by atoms with Crippen LogP contribution >= 0.6 is 11.8 Å². The van der Waals surface area contributed by atoms with E-state index < -0.39 is 0 Å².